The summed E-state index contributed by atoms with van der Waals surface area (Å²) in [6.45, 7) is 4.36. The van der Waals surface area contributed by atoms with Crippen LogP contribution in [0.3, 0.4) is 0 Å². The topological polar surface area (TPSA) is 46.5 Å². The van der Waals surface area contributed by atoms with Crippen molar-refractivity contribution in [3.8, 4) is 5.75 Å². The van der Waals surface area contributed by atoms with Crippen molar-refractivity contribution in [3.05, 3.63) is 75.6 Å². The number of benzene rings is 2. The van der Waals surface area contributed by atoms with E-state index in [0.717, 1.165) is 31.2 Å². The minimum absolute atomic E-state index is 0.00423. The molecule has 1 N–H and O–H groups in total. The molecule has 0 heterocycles. The first-order valence-electron chi connectivity index (χ1n) is 9.81. The molecule has 4 heteroatoms. The molecule has 28 heavy (non-hydrogen) atoms. The van der Waals surface area contributed by atoms with Gasteiger partial charge in [-0.25, -0.2) is 4.39 Å². The van der Waals surface area contributed by atoms with E-state index in [0.29, 0.717) is 18.6 Å². The van der Waals surface area contributed by atoms with Crippen molar-refractivity contribution in [2.24, 2.45) is 0 Å². The van der Waals surface area contributed by atoms with Crippen LogP contribution in [-0.4, -0.2) is 17.7 Å². The van der Waals surface area contributed by atoms with E-state index >= 15 is 0 Å². The van der Waals surface area contributed by atoms with Crippen LogP contribution in [0.15, 0.2) is 47.5 Å². The van der Waals surface area contributed by atoms with Crippen molar-refractivity contribution in [1.82, 2.24) is 0 Å². The van der Waals surface area contributed by atoms with Gasteiger partial charge in [-0.1, -0.05) is 35.4 Å². The number of carboxylic acids is 1. The highest BCUT2D eigenvalue weighted by atomic mass is 19.1. The fraction of sp³-hybridized carbons (Fsp3) is 0.375. The Morgan fingerprint density at radius 3 is 2.54 bits per heavy atom. The predicted octanol–water partition coefficient (Wildman–Crippen LogP) is 5.56. The molecule has 0 saturated heterocycles. The van der Waals surface area contributed by atoms with Crippen molar-refractivity contribution >= 4 is 5.97 Å². The molecule has 3 nitrogen and oxygen atoms in total. The third-order valence-corrected chi connectivity index (χ3v) is 5.40. The molecule has 0 unspecified atom stereocenters. The number of hydrogen-bond acceptors (Lipinski definition) is 2. The maximum Gasteiger partial charge on any atom is 0.303 e. The predicted molar refractivity (Wildman–Crippen MR) is 108 cm³/mol. The van der Waals surface area contributed by atoms with Gasteiger partial charge in [-0.15, -0.1) is 0 Å². The highest BCUT2D eigenvalue weighted by molar-refractivity contribution is 5.67. The largest absolute Gasteiger partial charge is 0.486 e. The van der Waals surface area contributed by atoms with E-state index in [1.165, 1.54) is 28.3 Å². The first-order chi connectivity index (χ1) is 13.4. The van der Waals surface area contributed by atoms with Gasteiger partial charge in [-0.05, 0) is 80.3 Å². The van der Waals surface area contributed by atoms with Gasteiger partial charge < -0.3 is 9.84 Å². The lowest BCUT2D eigenvalue weighted by Gasteiger charge is -2.13. The van der Waals surface area contributed by atoms with Crippen molar-refractivity contribution < 1.29 is 19.0 Å². The second-order valence-electron chi connectivity index (χ2n) is 7.61. The summed E-state index contributed by atoms with van der Waals surface area (Å²) in [5, 5.41) is 8.82. The monoisotopic (exact) mass is 382 g/mol. The molecule has 1 aliphatic carbocycles. The Morgan fingerprint density at radius 2 is 1.82 bits per heavy atom. The second kappa shape index (κ2) is 9.05. The average Bonchev–Trinajstić information content (AvgIpc) is 3.09. The smallest absolute Gasteiger partial charge is 0.303 e. The molecule has 0 saturated carbocycles. The molecule has 0 amide bonds. The van der Waals surface area contributed by atoms with E-state index < -0.39 is 11.8 Å². The van der Waals surface area contributed by atoms with Gasteiger partial charge in [0, 0.05) is 6.42 Å². The van der Waals surface area contributed by atoms with Gasteiger partial charge in [-0.3, -0.25) is 4.79 Å². The standard InChI is InChI=1S/C24H27FO3/c1-16-6-8-18(9-7-16)13-20-4-3-5-21(20)15-28-23-12-17(2)19(14-22(23)25)10-11-24(26)27/h6-9,12,14H,3-5,10-11,13,15H2,1-2H3,(H,26,27). The fourth-order valence-electron chi connectivity index (χ4n) is 3.69. The maximum atomic E-state index is 14.4. The molecule has 2 aromatic carbocycles. The number of aryl methyl sites for hydroxylation is 3. The summed E-state index contributed by atoms with van der Waals surface area (Å²) in [6.07, 6.45) is 4.44. The van der Waals surface area contributed by atoms with Crippen LogP contribution in [0.25, 0.3) is 0 Å². The summed E-state index contributed by atoms with van der Waals surface area (Å²) < 4.78 is 20.2. The Balaban J connectivity index is 1.67. The highest BCUT2D eigenvalue weighted by Crippen LogP contribution is 2.30. The van der Waals surface area contributed by atoms with Crippen LogP contribution in [0.4, 0.5) is 4.39 Å². The fourth-order valence-corrected chi connectivity index (χ4v) is 3.69. The number of rotatable bonds is 8. The molecular formula is C24H27FO3. The number of ether oxygens (including phenoxy) is 1. The molecule has 0 aromatic heterocycles. The van der Waals surface area contributed by atoms with Crippen LogP contribution in [0.5, 0.6) is 5.75 Å². The van der Waals surface area contributed by atoms with Gasteiger partial charge in [0.1, 0.15) is 6.61 Å². The molecule has 0 aliphatic heterocycles. The minimum Gasteiger partial charge on any atom is -0.486 e. The zero-order valence-corrected chi connectivity index (χ0v) is 16.6. The van der Waals surface area contributed by atoms with Crippen LogP contribution in [0, 0.1) is 19.7 Å². The van der Waals surface area contributed by atoms with Crippen LogP contribution < -0.4 is 4.74 Å². The van der Waals surface area contributed by atoms with Crippen molar-refractivity contribution in [3.63, 3.8) is 0 Å². The zero-order valence-electron chi connectivity index (χ0n) is 16.6. The summed E-state index contributed by atoms with van der Waals surface area (Å²) in [5.41, 5.74) is 6.80. The van der Waals surface area contributed by atoms with Crippen LogP contribution >= 0.6 is 0 Å². The summed E-state index contributed by atoms with van der Waals surface area (Å²) in [6, 6.07) is 11.7. The SMILES string of the molecule is Cc1ccc(CC2=C(COc3cc(C)c(CCC(=O)O)cc3F)CCC2)cc1. The highest BCUT2D eigenvalue weighted by Gasteiger charge is 2.17. The van der Waals surface area contributed by atoms with Gasteiger partial charge >= 0.3 is 5.97 Å². The molecule has 1 aliphatic rings. The number of allylic oxidation sites excluding steroid dienone is 1. The average molecular weight is 382 g/mol. The third kappa shape index (κ3) is 5.22. The lowest BCUT2D eigenvalue weighted by molar-refractivity contribution is -0.136. The summed E-state index contributed by atoms with van der Waals surface area (Å²) in [4.78, 5) is 10.7. The number of aliphatic carboxylic acids is 1. The summed E-state index contributed by atoms with van der Waals surface area (Å²) in [7, 11) is 0. The van der Waals surface area contributed by atoms with Crippen LogP contribution in [-0.2, 0) is 17.6 Å². The molecular weight excluding hydrogens is 355 g/mol. The molecule has 148 valence electrons. The lowest BCUT2D eigenvalue weighted by atomic mass is 10.0. The Kier molecular flexibility index (Phi) is 6.50. The maximum absolute atomic E-state index is 14.4. The van der Waals surface area contributed by atoms with E-state index in [1.807, 2.05) is 6.92 Å². The van der Waals surface area contributed by atoms with Crippen molar-refractivity contribution in [2.45, 2.75) is 52.4 Å². The number of halogens is 1. The Morgan fingerprint density at radius 1 is 1.11 bits per heavy atom. The van der Waals surface area contributed by atoms with Crippen LogP contribution in [0.1, 0.15) is 47.9 Å². The Hall–Kier alpha value is -2.62. The normalized spacial score (nSPS) is 13.8. The molecule has 2 aromatic rings. The van der Waals surface area contributed by atoms with E-state index in [4.69, 9.17) is 9.84 Å². The van der Waals surface area contributed by atoms with E-state index in [2.05, 4.69) is 31.2 Å². The molecule has 0 bridgehead atoms. The van der Waals surface area contributed by atoms with Crippen LogP contribution in [0.2, 0.25) is 0 Å². The van der Waals surface area contributed by atoms with Gasteiger partial charge in [0.2, 0.25) is 0 Å². The molecule has 3 rings (SSSR count). The van der Waals surface area contributed by atoms with Gasteiger partial charge in [0.15, 0.2) is 11.6 Å². The summed E-state index contributed by atoms with van der Waals surface area (Å²) >= 11 is 0. The number of carboxylic acid groups (broad SMARTS) is 1. The quantitative estimate of drug-likeness (QED) is 0.608. The van der Waals surface area contributed by atoms with Gasteiger partial charge in [0.25, 0.3) is 0 Å². The first-order valence-corrected chi connectivity index (χ1v) is 9.81. The second-order valence-corrected chi connectivity index (χ2v) is 7.61. The molecule has 0 radical (unpaired) electrons. The van der Waals surface area contributed by atoms with Crippen molar-refractivity contribution in [2.75, 3.05) is 6.61 Å². The van der Waals surface area contributed by atoms with Gasteiger partial charge in [-0.2, -0.15) is 0 Å². The Labute approximate surface area is 165 Å². The zero-order chi connectivity index (χ0) is 20.1. The lowest BCUT2D eigenvalue weighted by Crippen LogP contribution is -2.05. The molecule has 0 atom stereocenters. The molecule has 0 fully saturated rings. The third-order valence-electron chi connectivity index (χ3n) is 5.40. The number of hydrogen-bond donors (Lipinski definition) is 1. The number of carbonyl (C=O) groups is 1. The first kappa shape index (κ1) is 20.1. The van der Waals surface area contributed by atoms with Crippen molar-refractivity contribution in [1.29, 1.82) is 0 Å². The minimum atomic E-state index is -0.880. The molecule has 0 spiro atoms. The summed E-state index contributed by atoms with van der Waals surface area (Å²) in [5.74, 6) is -1.07. The van der Waals surface area contributed by atoms with E-state index in [1.54, 1.807) is 6.07 Å². The van der Waals surface area contributed by atoms with Gasteiger partial charge in [0.05, 0.1) is 0 Å². The Bertz CT molecular complexity index is 881. The van der Waals surface area contributed by atoms with E-state index in [9.17, 15) is 9.18 Å². The van der Waals surface area contributed by atoms with E-state index in [-0.39, 0.29) is 12.2 Å².